The number of halogens is 1. The summed E-state index contributed by atoms with van der Waals surface area (Å²) in [4.78, 5) is 4.82. The molecule has 1 fully saturated rings. The van der Waals surface area contributed by atoms with Gasteiger partial charge < -0.3 is 9.80 Å². The van der Waals surface area contributed by atoms with Gasteiger partial charge in [0, 0.05) is 22.5 Å². The third kappa shape index (κ3) is 3.31. The molecule has 1 aliphatic carbocycles. The maximum Gasteiger partial charge on any atom is 0.0883 e. The molecule has 1 saturated carbocycles. The Morgan fingerprint density at radius 1 is 0.657 bits per heavy atom. The number of anilines is 5. The SMILES string of the molecule is CC12CCCCC1(C)N(c1cccc(N(c3ccccc3)c3ccccc3)c1Cl)c1ccccc12. The summed E-state index contributed by atoms with van der Waals surface area (Å²) in [5.41, 5.74) is 7.08. The summed E-state index contributed by atoms with van der Waals surface area (Å²) < 4.78 is 0. The molecule has 0 N–H and O–H groups in total. The Hall–Kier alpha value is -3.23. The van der Waals surface area contributed by atoms with Crippen molar-refractivity contribution in [2.45, 2.75) is 50.5 Å². The largest absolute Gasteiger partial charge is 0.333 e. The predicted molar refractivity (Wildman–Crippen MR) is 149 cm³/mol. The van der Waals surface area contributed by atoms with Crippen LogP contribution in [0.1, 0.15) is 45.1 Å². The Morgan fingerprint density at radius 3 is 1.91 bits per heavy atom. The number of hydrogen-bond donors (Lipinski definition) is 0. The number of rotatable bonds is 4. The smallest absolute Gasteiger partial charge is 0.0883 e. The Kier molecular flexibility index (Phi) is 5.38. The molecular formula is C32H31ClN2. The highest BCUT2D eigenvalue weighted by Crippen LogP contribution is 2.62. The van der Waals surface area contributed by atoms with E-state index in [0.717, 1.165) is 34.2 Å². The first-order valence-electron chi connectivity index (χ1n) is 12.6. The molecule has 0 aromatic heterocycles. The Balaban J connectivity index is 1.56. The monoisotopic (exact) mass is 478 g/mol. The lowest BCUT2D eigenvalue weighted by Crippen LogP contribution is -2.54. The number of benzene rings is 4. The van der Waals surface area contributed by atoms with Crippen LogP contribution in [0, 0.1) is 0 Å². The van der Waals surface area contributed by atoms with Crippen molar-refractivity contribution < 1.29 is 0 Å². The molecule has 4 aromatic rings. The van der Waals surface area contributed by atoms with Crippen molar-refractivity contribution in [3.63, 3.8) is 0 Å². The first-order valence-corrected chi connectivity index (χ1v) is 13.0. The molecule has 0 radical (unpaired) electrons. The standard InChI is InChI=1S/C32H31ClN2/c1-31-22-11-12-23-32(31,2)35(27-19-10-9-18-26(27)31)29-21-13-20-28(30(29)33)34(24-14-5-3-6-15-24)25-16-7-4-8-17-25/h3-10,13-21H,11-12,22-23H2,1-2H3. The summed E-state index contributed by atoms with van der Waals surface area (Å²) in [5, 5.41) is 0.783. The predicted octanol–water partition coefficient (Wildman–Crippen LogP) is 9.55. The van der Waals surface area contributed by atoms with E-state index in [0.29, 0.717) is 0 Å². The van der Waals surface area contributed by atoms with Crippen LogP contribution in [0.4, 0.5) is 28.4 Å². The molecule has 3 heteroatoms. The lowest BCUT2D eigenvalue weighted by molar-refractivity contribution is 0.195. The fourth-order valence-corrected chi connectivity index (χ4v) is 6.80. The summed E-state index contributed by atoms with van der Waals surface area (Å²) in [6.45, 7) is 4.91. The van der Waals surface area contributed by atoms with Gasteiger partial charge >= 0.3 is 0 Å². The van der Waals surface area contributed by atoms with Crippen LogP contribution in [0.5, 0.6) is 0 Å². The molecule has 6 rings (SSSR count). The molecule has 0 saturated heterocycles. The minimum Gasteiger partial charge on any atom is -0.333 e. The quantitative estimate of drug-likeness (QED) is 0.288. The zero-order valence-corrected chi connectivity index (χ0v) is 21.2. The van der Waals surface area contributed by atoms with Gasteiger partial charge in [0.15, 0.2) is 0 Å². The second kappa shape index (κ2) is 8.46. The van der Waals surface area contributed by atoms with Crippen LogP contribution in [0.2, 0.25) is 5.02 Å². The van der Waals surface area contributed by atoms with Crippen molar-refractivity contribution in [1.82, 2.24) is 0 Å². The maximum atomic E-state index is 7.41. The zero-order valence-electron chi connectivity index (χ0n) is 20.4. The van der Waals surface area contributed by atoms with E-state index in [9.17, 15) is 0 Å². The second-order valence-corrected chi connectivity index (χ2v) is 10.7. The fraction of sp³-hybridized carbons (Fsp3) is 0.250. The molecule has 0 amide bonds. The van der Waals surface area contributed by atoms with E-state index >= 15 is 0 Å². The first-order chi connectivity index (χ1) is 17.0. The van der Waals surface area contributed by atoms with E-state index in [1.807, 2.05) is 0 Å². The number of hydrogen-bond acceptors (Lipinski definition) is 2. The molecule has 2 nitrogen and oxygen atoms in total. The average molecular weight is 479 g/mol. The van der Waals surface area contributed by atoms with Crippen molar-refractivity contribution in [3.05, 3.63) is 114 Å². The van der Waals surface area contributed by atoms with E-state index in [1.165, 1.54) is 30.5 Å². The lowest BCUT2D eigenvalue weighted by atomic mass is 9.61. The fourth-order valence-electron chi connectivity index (χ4n) is 6.51. The molecule has 0 spiro atoms. The van der Waals surface area contributed by atoms with Crippen LogP contribution in [0.3, 0.4) is 0 Å². The third-order valence-corrected chi connectivity index (χ3v) is 8.87. The van der Waals surface area contributed by atoms with Gasteiger partial charge in [0.1, 0.15) is 0 Å². The topological polar surface area (TPSA) is 6.48 Å². The molecule has 2 aliphatic rings. The van der Waals surface area contributed by atoms with Crippen LogP contribution < -0.4 is 9.80 Å². The van der Waals surface area contributed by atoms with Gasteiger partial charge in [0.05, 0.1) is 21.9 Å². The number of nitrogens with zero attached hydrogens (tertiary/aromatic N) is 2. The van der Waals surface area contributed by atoms with Crippen molar-refractivity contribution >= 4 is 40.0 Å². The first kappa shape index (κ1) is 22.2. The Morgan fingerprint density at radius 2 is 1.23 bits per heavy atom. The highest BCUT2D eigenvalue weighted by molar-refractivity contribution is 6.36. The minimum absolute atomic E-state index is 0.0263. The van der Waals surface area contributed by atoms with Gasteiger partial charge in [-0.2, -0.15) is 0 Å². The number of fused-ring (bicyclic) bond motifs is 3. The van der Waals surface area contributed by atoms with Crippen molar-refractivity contribution in [1.29, 1.82) is 0 Å². The third-order valence-electron chi connectivity index (χ3n) is 8.48. The summed E-state index contributed by atoms with van der Waals surface area (Å²) >= 11 is 7.41. The Bertz CT molecular complexity index is 1310. The van der Waals surface area contributed by atoms with Crippen LogP contribution in [-0.2, 0) is 5.41 Å². The molecule has 2 atom stereocenters. The highest BCUT2D eigenvalue weighted by atomic mass is 35.5. The Labute approximate surface area is 213 Å². The van der Waals surface area contributed by atoms with E-state index in [1.54, 1.807) is 0 Å². The summed E-state index contributed by atoms with van der Waals surface area (Å²) in [5.74, 6) is 0. The van der Waals surface area contributed by atoms with Crippen molar-refractivity contribution in [2.75, 3.05) is 9.80 Å². The molecule has 2 unspecified atom stereocenters. The van der Waals surface area contributed by atoms with Crippen LogP contribution in [0.15, 0.2) is 103 Å². The molecule has 1 heterocycles. The van der Waals surface area contributed by atoms with E-state index in [-0.39, 0.29) is 11.0 Å². The molecule has 176 valence electrons. The zero-order chi connectivity index (χ0) is 24.0. The van der Waals surface area contributed by atoms with Crippen molar-refractivity contribution in [2.24, 2.45) is 0 Å². The van der Waals surface area contributed by atoms with Gasteiger partial charge in [0.2, 0.25) is 0 Å². The van der Waals surface area contributed by atoms with Crippen LogP contribution >= 0.6 is 11.6 Å². The maximum absolute atomic E-state index is 7.41. The highest BCUT2D eigenvalue weighted by Gasteiger charge is 2.57. The average Bonchev–Trinajstić information content (AvgIpc) is 3.10. The van der Waals surface area contributed by atoms with E-state index in [2.05, 4.69) is 127 Å². The molecule has 35 heavy (non-hydrogen) atoms. The number of para-hydroxylation sites is 3. The van der Waals surface area contributed by atoms with Crippen LogP contribution in [-0.4, -0.2) is 5.54 Å². The summed E-state index contributed by atoms with van der Waals surface area (Å²) in [7, 11) is 0. The van der Waals surface area contributed by atoms with Gasteiger partial charge in [-0.15, -0.1) is 0 Å². The second-order valence-electron chi connectivity index (χ2n) is 10.3. The lowest BCUT2D eigenvalue weighted by Gasteiger charge is -2.50. The molecule has 1 aliphatic heterocycles. The van der Waals surface area contributed by atoms with Crippen LogP contribution in [0.25, 0.3) is 0 Å². The molecule has 4 aromatic carbocycles. The van der Waals surface area contributed by atoms with Gasteiger partial charge in [-0.1, -0.05) is 92.0 Å². The molecular weight excluding hydrogens is 448 g/mol. The van der Waals surface area contributed by atoms with Gasteiger partial charge in [-0.05, 0) is 67.8 Å². The van der Waals surface area contributed by atoms with Gasteiger partial charge in [-0.3, -0.25) is 0 Å². The van der Waals surface area contributed by atoms with Gasteiger partial charge in [0.25, 0.3) is 0 Å². The minimum atomic E-state index is -0.0263. The summed E-state index contributed by atoms with van der Waals surface area (Å²) in [6.07, 6.45) is 4.88. The van der Waals surface area contributed by atoms with E-state index in [4.69, 9.17) is 11.6 Å². The van der Waals surface area contributed by atoms with Crippen molar-refractivity contribution in [3.8, 4) is 0 Å². The normalized spacial score (nSPS) is 23.0. The molecule has 0 bridgehead atoms. The summed E-state index contributed by atoms with van der Waals surface area (Å²) in [6, 6.07) is 36.4. The van der Waals surface area contributed by atoms with Gasteiger partial charge in [-0.25, -0.2) is 0 Å². The van der Waals surface area contributed by atoms with E-state index < -0.39 is 0 Å².